The second-order valence-electron chi connectivity index (χ2n) is 8.97. The van der Waals surface area contributed by atoms with Gasteiger partial charge in [0.05, 0.1) is 21.5 Å². The molecule has 0 aliphatic rings. The highest BCUT2D eigenvalue weighted by Crippen LogP contribution is 2.55. The van der Waals surface area contributed by atoms with Crippen molar-refractivity contribution in [2.75, 3.05) is 0 Å². The molecule has 0 saturated carbocycles. The molecule has 0 radical (unpaired) electrons. The quantitative estimate of drug-likeness (QED) is 0.0676. The van der Waals surface area contributed by atoms with E-state index >= 15 is 0 Å². The zero-order chi connectivity index (χ0) is 34.6. The molecule has 6 rings (SSSR count). The Morgan fingerprint density at radius 3 is 0.809 bits per heavy atom. The highest BCUT2D eigenvalue weighted by molar-refractivity contribution is 7.86. The van der Waals surface area contributed by atoms with Gasteiger partial charge < -0.3 is 21.5 Å². The van der Waals surface area contributed by atoms with Crippen molar-refractivity contribution < 1.29 is 87.0 Å². The van der Waals surface area contributed by atoms with Crippen molar-refractivity contribution in [2.24, 2.45) is 0 Å². The molecule has 47 heavy (non-hydrogen) atoms. The second kappa shape index (κ2) is 13.4. The van der Waals surface area contributed by atoms with Crippen LogP contribution in [0.25, 0.3) is 40.3 Å². The first-order valence-electron chi connectivity index (χ1n) is 11.8. The fourth-order valence-electron chi connectivity index (χ4n) is 4.30. The first-order valence-corrected chi connectivity index (χ1v) is 15.7. The Labute approximate surface area is 270 Å². The molecule has 0 bridgehead atoms. The van der Waals surface area contributed by atoms with Gasteiger partial charge in [0.25, 0.3) is 0 Å². The molecule has 20 heteroatoms. The summed E-state index contributed by atoms with van der Waals surface area (Å²) in [5.41, 5.74) is -14.6. The van der Waals surface area contributed by atoms with Gasteiger partial charge in [-0.15, -0.1) is 26.3 Å². The van der Waals surface area contributed by atoms with E-state index in [0.29, 0.717) is 0 Å². The normalized spacial score (nSPS) is 12.5. The average Bonchev–Trinajstić information content (AvgIpc) is 3.40. The van der Waals surface area contributed by atoms with Crippen molar-refractivity contribution in [3.8, 4) is 0 Å². The second-order valence-corrected chi connectivity index (χ2v) is 14.2. The Kier molecular flexibility index (Phi) is 10.9. The van der Waals surface area contributed by atoms with E-state index in [2.05, 4.69) is 0 Å². The summed E-state index contributed by atoms with van der Waals surface area (Å²) >= 11 is 0. The minimum atomic E-state index is -6.09. The van der Waals surface area contributed by atoms with E-state index in [1.165, 1.54) is 0 Å². The SMILES string of the molecule is Fc1ccc2c(c1)c1cc(F)ccc1[s+]2C(F)(F)F.Fc1ccc2c(c1)c1cc(F)ccc1[s+]2C(F)(F)F.O=S(=O)([O-])C(F)(F)F.[Br-]. The molecule has 0 aliphatic heterocycles. The Morgan fingerprint density at radius 2 is 0.660 bits per heavy atom. The third kappa shape index (κ3) is 8.10. The summed E-state index contributed by atoms with van der Waals surface area (Å²) < 4.78 is 191. The molecule has 2 heterocycles. The van der Waals surface area contributed by atoms with Crippen LogP contribution in [0, 0.1) is 23.3 Å². The van der Waals surface area contributed by atoms with Crippen LogP contribution in [0.5, 0.6) is 0 Å². The summed E-state index contributed by atoms with van der Waals surface area (Å²) in [5, 5.41) is 0.482. The number of hydrogen-bond donors (Lipinski definition) is 0. The number of alkyl halides is 9. The molecule has 0 aliphatic carbocycles. The summed E-state index contributed by atoms with van der Waals surface area (Å²) in [7, 11) is -10.4. The molecule has 0 unspecified atom stereocenters. The van der Waals surface area contributed by atoms with Crippen LogP contribution in [0.4, 0.5) is 57.1 Å². The molecule has 0 N–H and O–H groups in total. The summed E-state index contributed by atoms with van der Waals surface area (Å²) in [4.78, 5) is 0. The summed E-state index contributed by atoms with van der Waals surface area (Å²) in [6.07, 6.45) is 0. The minimum absolute atomic E-state index is 0. The molecule has 4 aromatic carbocycles. The van der Waals surface area contributed by atoms with Crippen LogP contribution >= 0.6 is 20.9 Å². The standard InChI is InChI=1S/2C13H6F5S.CHF3O3S.BrH/c2*14-7-1-3-11-9(5-7)10-6-8(15)2-4-12(10)19(11)13(16,17)18;2-1(3,4)8(5,6)7;/h2*1-6H;(H,5,6,7);1H/q2*+1;;/p-2. The Hall–Kier alpha value is -3.20. The van der Waals surface area contributed by atoms with E-state index in [4.69, 9.17) is 13.0 Å². The van der Waals surface area contributed by atoms with Gasteiger partial charge in [-0.1, -0.05) is 0 Å². The van der Waals surface area contributed by atoms with Gasteiger partial charge in [-0.05, 0) is 48.5 Å². The summed E-state index contributed by atoms with van der Waals surface area (Å²) in [6.45, 7) is 0. The first-order chi connectivity index (χ1) is 21.0. The largest absolute Gasteiger partial charge is 1.00 e. The van der Waals surface area contributed by atoms with Crippen molar-refractivity contribution in [3.63, 3.8) is 0 Å². The fraction of sp³-hybridized carbons (Fsp3) is 0.111. The average molecular weight is 807 g/mol. The highest BCUT2D eigenvalue weighted by Gasteiger charge is 2.48. The van der Waals surface area contributed by atoms with Gasteiger partial charge in [-0.3, -0.25) is 0 Å². The monoisotopic (exact) mass is 806 g/mol. The van der Waals surface area contributed by atoms with Gasteiger partial charge >= 0.3 is 16.5 Å². The zero-order valence-electron chi connectivity index (χ0n) is 22.2. The van der Waals surface area contributed by atoms with E-state index in [1.54, 1.807) is 0 Å². The summed E-state index contributed by atoms with van der Waals surface area (Å²) in [5.74, 6) is -2.55. The van der Waals surface area contributed by atoms with E-state index in [0.717, 1.165) is 72.8 Å². The maximum absolute atomic E-state index is 13.2. The van der Waals surface area contributed by atoms with E-state index in [1.807, 2.05) is 0 Å². The van der Waals surface area contributed by atoms with Gasteiger partial charge in [0.2, 0.25) is 0 Å². The van der Waals surface area contributed by atoms with Crippen molar-refractivity contribution in [1.82, 2.24) is 0 Å². The molecule has 0 spiro atoms. The van der Waals surface area contributed by atoms with Gasteiger partial charge in [-0.2, -0.15) is 13.2 Å². The molecular weight excluding hydrogens is 795 g/mol. The van der Waals surface area contributed by atoms with Crippen LogP contribution in [0.2, 0.25) is 0 Å². The van der Waals surface area contributed by atoms with Crippen molar-refractivity contribution in [1.29, 1.82) is 0 Å². The van der Waals surface area contributed by atoms with Crippen LogP contribution in [0.15, 0.2) is 72.8 Å². The summed E-state index contributed by atoms with van der Waals surface area (Å²) in [6, 6.07) is 12.5. The van der Waals surface area contributed by atoms with E-state index < -0.39 is 70.9 Å². The zero-order valence-corrected chi connectivity index (χ0v) is 26.2. The van der Waals surface area contributed by atoms with Gasteiger partial charge in [0.15, 0.2) is 28.9 Å². The van der Waals surface area contributed by atoms with Crippen LogP contribution in [0.3, 0.4) is 0 Å². The van der Waals surface area contributed by atoms with Gasteiger partial charge in [0.1, 0.15) is 44.2 Å². The topological polar surface area (TPSA) is 57.2 Å². The maximum Gasteiger partial charge on any atom is 0.601 e. The van der Waals surface area contributed by atoms with Crippen LogP contribution in [-0.2, 0) is 21.1 Å². The molecule has 254 valence electrons. The lowest BCUT2D eigenvalue weighted by Crippen LogP contribution is -3.00. The predicted octanol–water partition coefficient (Wildman–Crippen LogP) is 8.05. The van der Waals surface area contributed by atoms with E-state index in [-0.39, 0.29) is 57.3 Å². The lowest BCUT2D eigenvalue weighted by Gasteiger charge is -2.08. The van der Waals surface area contributed by atoms with Crippen LogP contribution in [0.1, 0.15) is 0 Å². The maximum atomic E-state index is 13.2. The number of thiophene rings is 2. The van der Waals surface area contributed by atoms with Crippen LogP contribution < -0.4 is 17.0 Å². The molecule has 6 aromatic rings. The van der Waals surface area contributed by atoms with Crippen molar-refractivity contribution >= 4 is 71.4 Å². The third-order valence-corrected chi connectivity index (χ3v) is 10.6. The van der Waals surface area contributed by atoms with E-state index in [9.17, 15) is 57.1 Å². The molecule has 3 nitrogen and oxygen atoms in total. The molecule has 0 saturated heterocycles. The van der Waals surface area contributed by atoms with Gasteiger partial charge in [0, 0.05) is 24.3 Å². The van der Waals surface area contributed by atoms with Gasteiger partial charge in [-0.25, -0.2) is 26.0 Å². The number of rotatable bonds is 0. The fourth-order valence-corrected chi connectivity index (χ4v) is 8.14. The Bertz CT molecular complexity index is 1950. The predicted molar refractivity (Wildman–Crippen MR) is 146 cm³/mol. The number of hydrogen-bond acceptors (Lipinski definition) is 3. The molecule has 0 atom stereocenters. The molecule has 0 amide bonds. The molecule has 2 aromatic heterocycles. The van der Waals surface area contributed by atoms with Crippen LogP contribution in [-0.4, -0.2) is 18.5 Å². The van der Waals surface area contributed by atoms with Crippen molar-refractivity contribution in [3.05, 3.63) is 96.1 Å². The first kappa shape index (κ1) is 38.2. The smallest absolute Gasteiger partial charge is 0.601 e. The Morgan fingerprint density at radius 1 is 0.468 bits per heavy atom. The Balaban J connectivity index is 0.000000206. The number of fused-ring (bicyclic) bond motifs is 6. The highest BCUT2D eigenvalue weighted by atomic mass is 79.9. The molecular formula is C27H12BrF13O3S3. The van der Waals surface area contributed by atoms with Crippen molar-refractivity contribution in [2.45, 2.75) is 16.5 Å². The number of halogens is 14. The lowest BCUT2D eigenvalue weighted by molar-refractivity contribution is -0.0871. The number of benzene rings is 4. The third-order valence-electron chi connectivity index (χ3n) is 5.97. The lowest BCUT2D eigenvalue weighted by atomic mass is 10.1. The molecule has 0 fully saturated rings. The minimum Gasteiger partial charge on any atom is -1.00 e.